The fraction of sp³-hybridized carbons (Fsp3) is 0.158. The van der Waals surface area contributed by atoms with Gasteiger partial charge in [0.05, 0.1) is 5.75 Å². The lowest BCUT2D eigenvalue weighted by Crippen LogP contribution is -2.13. The Kier molecular flexibility index (Phi) is 6.56. The molecule has 0 saturated carbocycles. The van der Waals surface area contributed by atoms with Gasteiger partial charge in [0.1, 0.15) is 5.01 Å². The summed E-state index contributed by atoms with van der Waals surface area (Å²) in [5.74, 6) is 0.300. The topological polar surface area (TPSA) is 84.0 Å². The fourth-order valence-electron chi connectivity index (χ4n) is 2.18. The number of rotatable bonds is 7. The van der Waals surface area contributed by atoms with Gasteiger partial charge in [0.2, 0.25) is 11.0 Å². The van der Waals surface area contributed by atoms with E-state index in [1.165, 1.54) is 11.3 Å². The maximum absolute atomic E-state index is 12.4. The largest absolute Gasteiger partial charge is 0.326 e. The Morgan fingerprint density at radius 2 is 1.85 bits per heavy atom. The molecule has 0 spiro atoms. The minimum Gasteiger partial charge on any atom is -0.326 e. The summed E-state index contributed by atoms with van der Waals surface area (Å²) in [5.41, 5.74) is 1.03. The van der Waals surface area contributed by atoms with Crippen molar-refractivity contribution in [3.05, 3.63) is 65.2 Å². The number of thioether (sulfide) groups is 1. The standard InChI is InChI=1S/C19H18N4O2S2/c1-2-16(24)20-14-8-6-7-13(11-14)18(25)21-19-23-22-17(27-19)12-26-15-9-4-3-5-10-15/h3-11H,2,12H2,1H3,(H,20,24)(H,21,23,25). The highest BCUT2D eigenvalue weighted by atomic mass is 32.2. The molecule has 1 aromatic heterocycles. The maximum atomic E-state index is 12.4. The van der Waals surface area contributed by atoms with Crippen LogP contribution in [0.4, 0.5) is 10.8 Å². The van der Waals surface area contributed by atoms with Gasteiger partial charge in [-0.15, -0.1) is 22.0 Å². The van der Waals surface area contributed by atoms with Gasteiger partial charge in [0, 0.05) is 22.6 Å². The molecule has 3 rings (SSSR count). The Labute approximate surface area is 165 Å². The van der Waals surface area contributed by atoms with Crippen LogP contribution in [0.5, 0.6) is 0 Å². The number of hydrogen-bond acceptors (Lipinski definition) is 6. The minimum atomic E-state index is -0.291. The molecular formula is C19H18N4O2S2. The molecule has 0 unspecified atom stereocenters. The average molecular weight is 399 g/mol. The van der Waals surface area contributed by atoms with Gasteiger partial charge in [-0.25, -0.2) is 0 Å². The Hall–Kier alpha value is -2.71. The molecule has 3 aromatic rings. The highest BCUT2D eigenvalue weighted by Gasteiger charge is 2.11. The third-order valence-corrected chi connectivity index (χ3v) is 5.57. The zero-order chi connectivity index (χ0) is 19.1. The second kappa shape index (κ2) is 9.29. The first kappa shape index (κ1) is 19.1. The van der Waals surface area contributed by atoms with Crippen LogP contribution in [0.2, 0.25) is 0 Å². The third kappa shape index (κ3) is 5.63. The van der Waals surface area contributed by atoms with Gasteiger partial charge in [-0.3, -0.25) is 14.9 Å². The quantitative estimate of drug-likeness (QED) is 0.575. The van der Waals surface area contributed by atoms with Crippen LogP contribution in [0.15, 0.2) is 59.5 Å². The van der Waals surface area contributed by atoms with Crippen molar-refractivity contribution in [1.82, 2.24) is 10.2 Å². The number of nitrogens with one attached hydrogen (secondary N) is 2. The zero-order valence-electron chi connectivity index (χ0n) is 14.6. The molecule has 0 aliphatic heterocycles. The van der Waals surface area contributed by atoms with Gasteiger partial charge in [-0.05, 0) is 30.3 Å². The summed E-state index contributed by atoms with van der Waals surface area (Å²) in [6.45, 7) is 1.77. The Morgan fingerprint density at radius 1 is 1.04 bits per heavy atom. The summed E-state index contributed by atoms with van der Waals surface area (Å²) in [6, 6.07) is 16.8. The van der Waals surface area contributed by atoms with Crippen molar-refractivity contribution in [2.75, 3.05) is 10.6 Å². The van der Waals surface area contributed by atoms with Crippen LogP contribution >= 0.6 is 23.1 Å². The van der Waals surface area contributed by atoms with Crippen molar-refractivity contribution in [3.63, 3.8) is 0 Å². The van der Waals surface area contributed by atoms with Gasteiger partial charge in [-0.1, -0.05) is 42.5 Å². The zero-order valence-corrected chi connectivity index (χ0v) is 16.3. The molecule has 2 aromatic carbocycles. The van der Waals surface area contributed by atoms with Crippen LogP contribution in [0.1, 0.15) is 28.7 Å². The van der Waals surface area contributed by atoms with E-state index in [0.29, 0.717) is 28.6 Å². The van der Waals surface area contributed by atoms with E-state index >= 15 is 0 Å². The van der Waals surface area contributed by atoms with E-state index in [4.69, 9.17) is 0 Å². The molecule has 2 N–H and O–H groups in total. The smallest absolute Gasteiger partial charge is 0.257 e. The number of benzene rings is 2. The predicted molar refractivity (Wildman–Crippen MR) is 109 cm³/mol. The number of carbonyl (C=O) groups excluding carboxylic acids is 2. The number of carbonyl (C=O) groups is 2. The highest BCUT2D eigenvalue weighted by Crippen LogP contribution is 2.26. The van der Waals surface area contributed by atoms with Crippen LogP contribution in [0.3, 0.4) is 0 Å². The van der Waals surface area contributed by atoms with Gasteiger partial charge >= 0.3 is 0 Å². The molecule has 1 heterocycles. The van der Waals surface area contributed by atoms with Crippen molar-refractivity contribution in [1.29, 1.82) is 0 Å². The summed E-state index contributed by atoms with van der Waals surface area (Å²) in [7, 11) is 0. The molecule has 138 valence electrons. The lowest BCUT2D eigenvalue weighted by Gasteiger charge is -2.06. The maximum Gasteiger partial charge on any atom is 0.257 e. The average Bonchev–Trinajstić information content (AvgIpc) is 3.14. The monoisotopic (exact) mass is 398 g/mol. The molecule has 0 aliphatic rings. The minimum absolute atomic E-state index is 0.0998. The van der Waals surface area contributed by atoms with E-state index in [0.717, 1.165) is 9.90 Å². The fourth-order valence-corrected chi connectivity index (χ4v) is 3.82. The van der Waals surface area contributed by atoms with Gasteiger partial charge in [-0.2, -0.15) is 0 Å². The van der Waals surface area contributed by atoms with Gasteiger partial charge in [0.15, 0.2) is 0 Å². The Bertz CT molecular complexity index is 928. The molecule has 0 saturated heterocycles. The lowest BCUT2D eigenvalue weighted by molar-refractivity contribution is -0.115. The third-order valence-electron chi connectivity index (χ3n) is 3.52. The van der Waals surface area contributed by atoms with Crippen molar-refractivity contribution in [2.45, 2.75) is 24.0 Å². The van der Waals surface area contributed by atoms with E-state index in [1.807, 2.05) is 30.3 Å². The molecule has 2 amide bonds. The Morgan fingerprint density at radius 3 is 2.63 bits per heavy atom. The molecule has 0 atom stereocenters. The summed E-state index contributed by atoms with van der Waals surface area (Å²) < 4.78 is 0. The van der Waals surface area contributed by atoms with Crippen molar-refractivity contribution >= 4 is 45.7 Å². The Balaban J connectivity index is 1.59. The second-order valence-electron chi connectivity index (χ2n) is 5.54. The molecule has 8 heteroatoms. The van der Waals surface area contributed by atoms with Gasteiger partial charge in [0.25, 0.3) is 5.91 Å². The highest BCUT2D eigenvalue weighted by molar-refractivity contribution is 7.98. The normalized spacial score (nSPS) is 10.4. The number of hydrogen-bond donors (Lipinski definition) is 2. The van der Waals surface area contributed by atoms with Crippen LogP contribution in [0, 0.1) is 0 Å². The molecule has 0 radical (unpaired) electrons. The molecule has 0 aliphatic carbocycles. The van der Waals surface area contributed by atoms with E-state index in [2.05, 4.69) is 20.8 Å². The lowest BCUT2D eigenvalue weighted by atomic mass is 10.2. The van der Waals surface area contributed by atoms with Crippen LogP contribution in [0.25, 0.3) is 0 Å². The van der Waals surface area contributed by atoms with Crippen LogP contribution < -0.4 is 10.6 Å². The molecule has 0 fully saturated rings. The number of aromatic nitrogens is 2. The number of nitrogens with zero attached hydrogens (tertiary/aromatic N) is 2. The van der Waals surface area contributed by atoms with E-state index < -0.39 is 0 Å². The first-order chi connectivity index (χ1) is 13.1. The van der Waals surface area contributed by atoms with E-state index in [1.54, 1.807) is 43.0 Å². The van der Waals surface area contributed by atoms with Crippen molar-refractivity contribution < 1.29 is 9.59 Å². The SMILES string of the molecule is CCC(=O)Nc1cccc(C(=O)Nc2nnc(CSc3ccccc3)s2)c1. The van der Waals surface area contributed by atoms with Crippen molar-refractivity contribution in [2.24, 2.45) is 0 Å². The predicted octanol–water partition coefficient (Wildman–Crippen LogP) is 4.43. The van der Waals surface area contributed by atoms with Crippen LogP contribution in [-0.2, 0) is 10.5 Å². The molecule has 27 heavy (non-hydrogen) atoms. The summed E-state index contributed by atoms with van der Waals surface area (Å²) in [6.07, 6.45) is 0.380. The van der Waals surface area contributed by atoms with Crippen molar-refractivity contribution in [3.8, 4) is 0 Å². The molecular weight excluding hydrogens is 380 g/mol. The first-order valence-electron chi connectivity index (χ1n) is 8.35. The number of anilines is 2. The summed E-state index contributed by atoms with van der Waals surface area (Å²) in [5, 5.41) is 14.9. The summed E-state index contributed by atoms with van der Waals surface area (Å²) in [4.78, 5) is 25.1. The van der Waals surface area contributed by atoms with E-state index in [9.17, 15) is 9.59 Å². The summed E-state index contributed by atoms with van der Waals surface area (Å²) >= 11 is 3.02. The van der Waals surface area contributed by atoms with Crippen LogP contribution in [-0.4, -0.2) is 22.0 Å². The van der Waals surface area contributed by atoms with E-state index in [-0.39, 0.29) is 11.8 Å². The second-order valence-corrected chi connectivity index (χ2v) is 7.65. The number of amides is 2. The van der Waals surface area contributed by atoms with Gasteiger partial charge < -0.3 is 5.32 Å². The first-order valence-corrected chi connectivity index (χ1v) is 10.2. The molecule has 0 bridgehead atoms. The molecule has 6 nitrogen and oxygen atoms in total.